The molecule has 1 heterocycles. The van der Waals surface area contributed by atoms with E-state index >= 15 is 0 Å². The highest BCUT2D eigenvalue weighted by Crippen LogP contribution is 2.40. The van der Waals surface area contributed by atoms with Crippen LogP contribution in [0.15, 0.2) is 60.7 Å². The second kappa shape index (κ2) is 9.79. The van der Waals surface area contributed by atoms with Gasteiger partial charge in [-0.1, -0.05) is 68.5 Å². The number of allylic oxidation sites excluding steroid dienone is 1. The first-order chi connectivity index (χ1) is 15.7. The molecule has 0 spiro atoms. The number of nitrogens with one attached hydrogen (secondary N) is 1. The summed E-state index contributed by atoms with van der Waals surface area (Å²) in [6.45, 7) is 3.59. The quantitative estimate of drug-likeness (QED) is 0.308. The van der Waals surface area contributed by atoms with Crippen molar-refractivity contribution in [1.82, 2.24) is 10.4 Å². The molecule has 8 nitrogen and oxygen atoms in total. The van der Waals surface area contributed by atoms with Gasteiger partial charge >= 0.3 is 0 Å². The van der Waals surface area contributed by atoms with E-state index < -0.39 is 35.1 Å². The van der Waals surface area contributed by atoms with E-state index in [4.69, 9.17) is 5.73 Å². The number of nitrogens with two attached hydrogens (primary N) is 1. The van der Waals surface area contributed by atoms with Gasteiger partial charge in [-0.05, 0) is 36.5 Å². The van der Waals surface area contributed by atoms with E-state index in [1.165, 1.54) is 12.1 Å². The van der Waals surface area contributed by atoms with E-state index in [1.807, 2.05) is 30.3 Å². The summed E-state index contributed by atoms with van der Waals surface area (Å²) in [7, 11) is 0. The molecule has 0 radical (unpaired) electrons. The van der Waals surface area contributed by atoms with Crippen LogP contribution in [0.1, 0.15) is 53.0 Å². The number of benzene rings is 2. The van der Waals surface area contributed by atoms with E-state index in [0.717, 1.165) is 10.5 Å². The summed E-state index contributed by atoms with van der Waals surface area (Å²) in [5.41, 5.74) is 6.60. The fourth-order valence-electron chi connectivity index (χ4n) is 4.45. The number of hydrogen-bond acceptors (Lipinski definition) is 5. The lowest BCUT2D eigenvalue weighted by Crippen LogP contribution is -2.66. The number of nitrogens with zero attached hydrogens (tertiary/aromatic N) is 1. The van der Waals surface area contributed by atoms with Crippen molar-refractivity contribution < 1.29 is 24.4 Å². The number of primary amides is 1. The maximum absolute atomic E-state index is 13.3. The van der Waals surface area contributed by atoms with Crippen molar-refractivity contribution in [3.8, 4) is 0 Å². The molecule has 0 unspecified atom stereocenters. The Bertz CT molecular complexity index is 1060. The molecule has 172 valence electrons. The van der Waals surface area contributed by atoms with Crippen molar-refractivity contribution in [2.24, 2.45) is 17.6 Å². The van der Waals surface area contributed by atoms with E-state index in [2.05, 4.69) is 0 Å². The number of imide groups is 1. The molecule has 8 heteroatoms. The zero-order chi connectivity index (χ0) is 24.2. The maximum Gasteiger partial charge on any atom is 0.262 e. The van der Waals surface area contributed by atoms with Gasteiger partial charge in [0.2, 0.25) is 11.8 Å². The van der Waals surface area contributed by atoms with Crippen LogP contribution in [0.3, 0.4) is 0 Å². The molecular weight excluding hydrogens is 422 g/mol. The third-order valence-corrected chi connectivity index (χ3v) is 5.82. The molecule has 2 atom stereocenters. The van der Waals surface area contributed by atoms with Crippen molar-refractivity contribution in [3.63, 3.8) is 0 Å². The Morgan fingerprint density at radius 3 is 2.06 bits per heavy atom. The minimum atomic E-state index is -1.99. The molecule has 0 fully saturated rings. The van der Waals surface area contributed by atoms with Gasteiger partial charge < -0.3 is 5.73 Å². The molecule has 1 aliphatic rings. The predicted molar refractivity (Wildman–Crippen MR) is 122 cm³/mol. The molecule has 2 aromatic carbocycles. The molecule has 4 N–H and O–H groups in total. The third-order valence-electron chi connectivity index (χ3n) is 5.82. The van der Waals surface area contributed by atoms with Crippen LogP contribution in [0.5, 0.6) is 0 Å². The molecule has 0 saturated heterocycles. The first kappa shape index (κ1) is 23.9. The van der Waals surface area contributed by atoms with Gasteiger partial charge in [-0.15, -0.1) is 0 Å². The number of fused-ring (bicyclic) bond motifs is 1. The molecule has 1 aliphatic heterocycles. The highest BCUT2D eigenvalue weighted by atomic mass is 16.5. The second-order valence-corrected chi connectivity index (χ2v) is 8.46. The number of hydroxylamine groups is 1. The lowest BCUT2D eigenvalue weighted by molar-refractivity contribution is -0.146. The third kappa shape index (κ3) is 4.42. The highest BCUT2D eigenvalue weighted by Gasteiger charge is 2.58. The SMILES string of the molecule is CC(C)C[C@](C(N)=O)([C@H](C/C=C/c1ccccc1)C(=O)NO)N1C(=O)c2ccccc2C1=O. The summed E-state index contributed by atoms with van der Waals surface area (Å²) in [5, 5.41) is 9.48. The number of rotatable bonds is 9. The van der Waals surface area contributed by atoms with Crippen LogP contribution in [-0.4, -0.2) is 39.3 Å². The summed E-state index contributed by atoms with van der Waals surface area (Å²) in [5.74, 6) is -4.83. The smallest absolute Gasteiger partial charge is 0.262 e. The molecule has 2 aromatic rings. The zero-order valence-corrected chi connectivity index (χ0v) is 18.5. The molecule has 0 aliphatic carbocycles. The number of hydrogen-bond donors (Lipinski definition) is 3. The topological polar surface area (TPSA) is 130 Å². The van der Waals surface area contributed by atoms with Crippen molar-refractivity contribution in [2.45, 2.75) is 32.2 Å². The van der Waals surface area contributed by atoms with Crippen LogP contribution in [0.25, 0.3) is 6.08 Å². The van der Waals surface area contributed by atoms with Crippen molar-refractivity contribution in [1.29, 1.82) is 0 Å². The lowest BCUT2D eigenvalue weighted by atomic mass is 9.73. The van der Waals surface area contributed by atoms with Gasteiger partial charge in [0.1, 0.15) is 5.54 Å². The summed E-state index contributed by atoms with van der Waals surface area (Å²) >= 11 is 0. The average molecular weight is 450 g/mol. The Kier molecular flexibility index (Phi) is 7.08. The van der Waals surface area contributed by atoms with Gasteiger partial charge in [0.15, 0.2) is 0 Å². The Morgan fingerprint density at radius 2 is 1.58 bits per heavy atom. The molecule has 3 rings (SSSR count). The highest BCUT2D eigenvalue weighted by molar-refractivity contribution is 6.24. The Balaban J connectivity index is 2.13. The lowest BCUT2D eigenvalue weighted by Gasteiger charge is -2.43. The van der Waals surface area contributed by atoms with E-state index in [-0.39, 0.29) is 29.9 Å². The minimum absolute atomic E-state index is 0.0505. The summed E-state index contributed by atoms with van der Waals surface area (Å²) < 4.78 is 0. The van der Waals surface area contributed by atoms with Crippen LogP contribution in [0.4, 0.5) is 0 Å². The molecular formula is C25H27N3O5. The summed E-state index contributed by atoms with van der Waals surface area (Å²) in [4.78, 5) is 53.4. The monoisotopic (exact) mass is 449 g/mol. The Hall–Kier alpha value is -3.78. The Morgan fingerprint density at radius 1 is 1.03 bits per heavy atom. The summed E-state index contributed by atoms with van der Waals surface area (Å²) in [6.07, 6.45) is 3.31. The van der Waals surface area contributed by atoms with Crippen LogP contribution < -0.4 is 11.2 Å². The standard InChI is InChI=1S/C25H27N3O5/c1-16(2)15-25(24(26)32,28-22(30)18-12-6-7-13-19(18)23(28)31)20(21(29)27-33)14-8-11-17-9-4-3-5-10-17/h3-13,16,20,33H,14-15H2,1-2H3,(H2,26,32)(H,27,29)/b11-8+/t20-,25-/m1/s1. The molecule has 0 saturated carbocycles. The predicted octanol–water partition coefficient (Wildman–Crippen LogP) is 2.78. The minimum Gasteiger partial charge on any atom is -0.368 e. The number of carbonyl (C=O) groups excluding carboxylic acids is 4. The van der Waals surface area contributed by atoms with Gasteiger partial charge in [0, 0.05) is 0 Å². The molecule has 4 amide bonds. The van der Waals surface area contributed by atoms with Crippen molar-refractivity contribution in [3.05, 3.63) is 77.4 Å². The van der Waals surface area contributed by atoms with Gasteiger partial charge in [-0.3, -0.25) is 29.3 Å². The first-order valence-electron chi connectivity index (χ1n) is 10.7. The number of amides is 4. The zero-order valence-electron chi connectivity index (χ0n) is 18.5. The fraction of sp³-hybridized carbons (Fsp3) is 0.280. The van der Waals surface area contributed by atoms with Crippen LogP contribution in [0.2, 0.25) is 0 Å². The van der Waals surface area contributed by atoms with Crippen LogP contribution in [0, 0.1) is 11.8 Å². The molecule has 33 heavy (non-hydrogen) atoms. The van der Waals surface area contributed by atoms with E-state index in [9.17, 15) is 24.4 Å². The second-order valence-electron chi connectivity index (χ2n) is 8.46. The molecule has 0 aromatic heterocycles. The van der Waals surface area contributed by atoms with Crippen molar-refractivity contribution in [2.75, 3.05) is 0 Å². The summed E-state index contributed by atoms with van der Waals surface area (Å²) in [6, 6.07) is 15.5. The fourth-order valence-corrected chi connectivity index (χ4v) is 4.45. The normalized spacial score (nSPS) is 16.1. The first-order valence-corrected chi connectivity index (χ1v) is 10.7. The van der Waals surface area contributed by atoms with Gasteiger partial charge in [-0.2, -0.15) is 0 Å². The molecule has 0 bridgehead atoms. The van der Waals surface area contributed by atoms with Crippen LogP contribution >= 0.6 is 0 Å². The van der Waals surface area contributed by atoms with Crippen LogP contribution in [-0.2, 0) is 9.59 Å². The Labute approximate surface area is 192 Å². The average Bonchev–Trinajstić information content (AvgIpc) is 3.06. The van der Waals surface area contributed by atoms with Gasteiger partial charge in [0.25, 0.3) is 11.8 Å². The van der Waals surface area contributed by atoms with Crippen molar-refractivity contribution >= 4 is 29.7 Å². The van der Waals surface area contributed by atoms with Gasteiger partial charge in [0.05, 0.1) is 17.0 Å². The maximum atomic E-state index is 13.3. The number of carbonyl (C=O) groups is 4. The van der Waals surface area contributed by atoms with E-state index in [1.54, 1.807) is 43.6 Å². The van der Waals surface area contributed by atoms with Gasteiger partial charge in [-0.25, -0.2) is 5.48 Å². The largest absolute Gasteiger partial charge is 0.368 e. The van der Waals surface area contributed by atoms with E-state index in [0.29, 0.717) is 0 Å².